The number of aliphatic hydroxyl groups is 1. The van der Waals surface area contributed by atoms with Crippen LogP contribution < -0.4 is 0 Å². The average Bonchev–Trinajstić information content (AvgIpc) is 3.37. The highest BCUT2D eigenvalue weighted by atomic mass is 32.2. The number of benzene rings is 2. The molecule has 1 heterocycles. The fourth-order valence-corrected chi connectivity index (χ4v) is 7.15. The van der Waals surface area contributed by atoms with Gasteiger partial charge in [-0.2, -0.15) is 9.40 Å². The summed E-state index contributed by atoms with van der Waals surface area (Å²) in [5.41, 5.74) is 4.78. The predicted molar refractivity (Wildman–Crippen MR) is 134 cm³/mol. The average molecular weight is 496 g/mol. The third-order valence-electron chi connectivity index (χ3n) is 7.58. The maximum atomic E-state index is 13.4. The van der Waals surface area contributed by atoms with Crippen molar-refractivity contribution in [3.63, 3.8) is 0 Å². The Morgan fingerprint density at radius 3 is 2.63 bits per heavy atom. The van der Waals surface area contributed by atoms with Gasteiger partial charge in [-0.15, -0.1) is 0 Å². The summed E-state index contributed by atoms with van der Waals surface area (Å²) in [5, 5.41) is 14.2. The van der Waals surface area contributed by atoms with E-state index in [1.807, 2.05) is 41.2 Å². The minimum Gasteiger partial charge on any atom is -0.395 e. The number of aromatic nitrogens is 2. The van der Waals surface area contributed by atoms with E-state index in [1.165, 1.54) is 22.0 Å². The topological polar surface area (TPSA) is 75.4 Å². The van der Waals surface area contributed by atoms with Gasteiger partial charge in [0.1, 0.15) is 5.82 Å². The van der Waals surface area contributed by atoms with Gasteiger partial charge >= 0.3 is 0 Å². The number of rotatable bonds is 8. The minimum atomic E-state index is -3.58. The number of aliphatic hydroxyl groups excluding tert-OH is 1. The highest BCUT2D eigenvalue weighted by Gasteiger charge is 2.46. The molecule has 0 amide bonds. The summed E-state index contributed by atoms with van der Waals surface area (Å²) in [6.07, 6.45) is 6.60. The predicted octanol–water partition coefficient (Wildman–Crippen LogP) is 4.19. The number of hydrogen-bond acceptors (Lipinski definition) is 4. The molecular weight excluding hydrogens is 465 g/mol. The van der Waals surface area contributed by atoms with Gasteiger partial charge in [-0.3, -0.25) is 0 Å². The molecule has 0 saturated heterocycles. The molecule has 0 unspecified atom stereocenters. The molecule has 2 aliphatic rings. The van der Waals surface area contributed by atoms with E-state index >= 15 is 0 Å². The second kappa shape index (κ2) is 9.33. The van der Waals surface area contributed by atoms with Crippen LogP contribution in [-0.4, -0.2) is 47.3 Å². The number of fused-ring (bicyclic) bond motifs is 2. The summed E-state index contributed by atoms with van der Waals surface area (Å²) in [6, 6.07) is 15.5. The lowest BCUT2D eigenvalue weighted by Crippen LogP contribution is -2.42. The summed E-state index contributed by atoms with van der Waals surface area (Å²) >= 11 is 0. The molecule has 0 spiro atoms. The highest BCUT2D eigenvalue weighted by molar-refractivity contribution is 7.88. The molecule has 3 aromatic rings. The van der Waals surface area contributed by atoms with Crippen molar-refractivity contribution in [3.8, 4) is 5.69 Å². The lowest BCUT2D eigenvalue weighted by molar-refractivity contribution is 0.194. The first-order valence-electron chi connectivity index (χ1n) is 12.0. The normalized spacial score (nSPS) is 21.6. The molecule has 1 saturated carbocycles. The zero-order valence-electron chi connectivity index (χ0n) is 19.8. The van der Waals surface area contributed by atoms with Gasteiger partial charge in [0.15, 0.2) is 0 Å². The molecular formula is C27H30FN3O3S. The van der Waals surface area contributed by atoms with Crippen molar-refractivity contribution in [1.29, 1.82) is 0 Å². The quantitative estimate of drug-likeness (QED) is 0.509. The number of allylic oxidation sites excluding steroid dienone is 1. The monoisotopic (exact) mass is 495 g/mol. The summed E-state index contributed by atoms with van der Waals surface area (Å²) in [7, 11) is -3.58. The third kappa shape index (κ3) is 4.58. The zero-order chi connectivity index (χ0) is 24.6. The maximum Gasteiger partial charge on any atom is 0.218 e. The van der Waals surface area contributed by atoms with E-state index in [4.69, 9.17) is 0 Å². The van der Waals surface area contributed by atoms with Gasteiger partial charge in [0.2, 0.25) is 10.0 Å². The minimum absolute atomic E-state index is 0.0748. The molecule has 2 atom stereocenters. The number of nitrogens with zero attached hydrogens (tertiary/aromatic N) is 3. The molecule has 5 rings (SSSR count). The van der Waals surface area contributed by atoms with Crippen LogP contribution in [0.4, 0.5) is 4.39 Å². The second-order valence-corrected chi connectivity index (χ2v) is 11.7. The van der Waals surface area contributed by atoms with Gasteiger partial charge in [0, 0.05) is 13.1 Å². The van der Waals surface area contributed by atoms with Crippen LogP contribution >= 0.6 is 0 Å². The number of sulfonamides is 1. The van der Waals surface area contributed by atoms with Crippen LogP contribution in [0, 0.1) is 17.2 Å². The zero-order valence-corrected chi connectivity index (χ0v) is 20.6. The van der Waals surface area contributed by atoms with Gasteiger partial charge in [-0.25, -0.2) is 17.5 Å². The molecule has 0 radical (unpaired) electrons. The van der Waals surface area contributed by atoms with E-state index in [0.29, 0.717) is 6.54 Å². The van der Waals surface area contributed by atoms with Gasteiger partial charge < -0.3 is 5.11 Å². The van der Waals surface area contributed by atoms with Crippen LogP contribution in [0.2, 0.25) is 0 Å². The van der Waals surface area contributed by atoms with Crippen molar-refractivity contribution >= 4 is 16.1 Å². The fraction of sp³-hybridized carbons (Fsp3) is 0.370. The van der Waals surface area contributed by atoms with Gasteiger partial charge in [-0.05, 0) is 72.1 Å². The van der Waals surface area contributed by atoms with Crippen molar-refractivity contribution in [2.24, 2.45) is 11.3 Å². The number of hydrogen-bond donors (Lipinski definition) is 1. The number of halogens is 1. The fourth-order valence-electron chi connectivity index (χ4n) is 5.59. The van der Waals surface area contributed by atoms with E-state index in [2.05, 4.69) is 18.1 Å². The SMILES string of the molecule is C[C@]12Cc3cnn(-c4ccc(F)cc4)c3C=C1CC[C@@H]2CN(CCO)S(=O)(=O)Cc1ccccc1. The molecule has 1 aromatic heterocycles. The van der Waals surface area contributed by atoms with Crippen molar-refractivity contribution in [3.05, 3.63) is 89.0 Å². The lowest BCUT2D eigenvalue weighted by Gasteiger charge is -2.38. The summed E-state index contributed by atoms with van der Waals surface area (Å²) in [5.74, 6) is -0.226. The summed E-state index contributed by atoms with van der Waals surface area (Å²) in [6.45, 7) is 2.48. The molecule has 6 nitrogen and oxygen atoms in total. The van der Waals surface area contributed by atoms with Crippen molar-refractivity contribution in [2.75, 3.05) is 19.7 Å². The van der Waals surface area contributed by atoms with Gasteiger partial charge in [0.25, 0.3) is 0 Å². The van der Waals surface area contributed by atoms with Gasteiger partial charge in [-0.1, -0.05) is 42.8 Å². The van der Waals surface area contributed by atoms with Crippen LogP contribution in [-0.2, 0) is 22.2 Å². The molecule has 184 valence electrons. The van der Waals surface area contributed by atoms with Crippen LogP contribution in [0.5, 0.6) is 0 Å². The smallest absolute Gasteiger partial charge is 0.218 e. The standard InChI is InChI=1S/C27H30FN3O3S/c1-27-16-21-17-29-31(25-11-9-24(28)10-12-25)26(21)15-22(27)7-8-23(27)18-30(13-14-32)35(33,34)19-20-5-3-2-4-6-20/h2-6,9-12,15,17,23,32H,7-8,13-14,16,18-19H2,1H3/t23-,27+/m1/s1. The summed E-state index contributed by atoms with van der Waals surface area (Å²) in [4.78, 5) is 0. The highest BCUT2D eigenvalue weighted by Crippen LogP contribution is 2.53. The first-order chi connectivity index (χ1) is 16.8. The molecule has 8 heteroatoms. The molecule has 0 bridgehead atoms. The Bertz CT molecular complexity index is 1340. The third-order valence-corrected chi connectivity index (χ3v) is 9.40. The second-order valence-electron chi connectivity index (χ2n) is 9.77. The Kier molecular flexibility index (Phi) is 6.38. The van der Waals surface area contributed by atoms with Crippen molar-refractivity contribution < 1.29 is 17.9 Å². The molecule has 1 fully saturated rings. The van der Waals surface area contributed by atoms with Crippen molar-refractivity contribution in [2.45, 2.75) is 31.9 Å². The van der Waals surface area contributed by atoms with Crippen LogP contribution in [0.3, 0.4) is 0 Å². The van der Waals surface area contributed by atoms with Crippen LogP contribution in [0.15, 0.2) is 66.4 Å². The Hall–Kier alpha value is -2.81. The lowest BCUT2D eigenvalue weighted by atomic mass is 9.70. The first-order valence-corrected chi connectivity index (χ1v) is 13.6. The largest absolute Gasteiger partial charge is 0.395 e. The maximum absolute atomic E-state index is 13.4. The molecule has 2 aromatic carbocycles. The molecule has 1 N–H and O–H groups in total. The first kappa shape index (κ1) is 23.9. The Morgan fingerprint density at radius 1 is 1.17 bits per heavy atom. The molecule has 0 aliphatic heterocycles. The van der Waals surface area contributed by atoms with Crippen molar-refractivity contribution in [1.82, 2.24) is 14.1 Å². The Morgan fingerprint density at radius 2 is 1.91 bits per heavy atom. The van der Waals surface area contributed by atoms with E-state index in [0.717, 1.165) is 41.8 Å². The Labute approximate surface area is 205 Å². The van der Waals surface area contributed by atoms with E-state index < -0.39 is 10.0 Å². The van der Waals surface area contributed by atoms with E-state index in [9.17, 15) is 17.9 Å². The van der Waals surface area contributed by atoms with Crippen LogP contribution in [0.25, 0.3) is 11.8 Å². The van der Waals surface area contributed by atoms with E-state index in [-0.39, 0.29) is 36.1 Å². The molecule has 2 aliphatic carbocycles. The summed E-state index contributed by atoms with van der Waals surface area (Å²) < 4.78 is 43.3. The van der Waals surface area contributed by atoms with Gasteiger partial charge in [0.05, 0.1) is 29.9 Å². The molecule has 35 heavy (non-hydrogen) atoms. The van der Waals surface area contributed by atoms with Crippen LogP contribution in [0.1, 0.15) is 36.6 Å². The van der Waals surface area contributed by atoms with E-state index in [1.54, 1.807) is 12.1 Å². The Balaban J connectivity index is 1.39.